The van der Waals surface area contributed by atoms with E-state index in [1.165, 1.54) is 22.9 Å². The Balaban J connectivity index is 2.19. The van der Waals surface area contributed by atoms with Crippen LogP contribution in [0.4, 0.5) is 5.69 Å². The first kappa shape index (κ1) is 18.1. The van der Waals surface area contributed by atoms with Crippen molar-refractivity contribution in [2.24, 2.45) is 7.05 Å². The number of thioether (sulfide) groups is 1. The van der Waals surface area contributed by atoms with E-state index < -0.39 is 22.8 Å². The van der Waals surface area contributed by atoms with Gasteiger partial charge in [-0.15, -0.1) is 0 Å². The number of hydrogen-bond acceptors (Lipinski definition) is 5. The third kappa shape index (κ3) is 3.98. The van der Waals surface area contributed by atoms with E-state index in [4.69, 9.17) is 16.7 Å². The summed E-state index contributed by atoms with van der Waals surface area (Å²) in [6.45, 7) is 1.79. The van der Waals surface area contributed by atoms with Gasteiger partial charge < -0.3 is 10.4 Å². The van der Waals surface area contributed by atoms with Crippen molar-refractivity contribution >= 4 is 40.9 Å². The molecule has 3 N–H and O–H groups in total. The Kier molecular flexibility index (Phi) is 5.68. The Morgan fingerprint density at radius 2 is 2.21 bits per heavy atom. The summed E-state index contributed by atoms with van der Waals surface area (Å²) >= 11 is 7.04. The summed E-state index contributed by atoms with van der Waals surface area (Å²) < 4.78 is 6.02. The van der Waals surface area contributed by atoms with Crippen LogP contribution in [0.1, 0.15) is 23.7 Å². The fourth-order valence-electron chi connectivity index (χ4n) is 1.88. The first-order chi connectivity index (χ1) is 11.3. The van der Waals surface area contributed by atoms with Gasteiger partial charge in [0.05, 0.1) is 21.5 Å². The quantitative estimate of drug-likeness (QED) is 0.524. The van der Waals surface area contributed by atoms with Gasteiger partial charge in [-0.1, -0.05) is 23.2 Å². The average Bonchev–Trinajstić information content (AvgIpc) is 2.85. The summed E-state index contributed by atoms with van der Waals surface area (Å²) in [6, 6.07) is 4.03. The van der Waals surface area contributed by atoms with Crippen molar-refractivity contribution in [3.05, 3.63) is 39.2 Å². The van der Waals surface area contributed by atoms with Crippen LogP contribution >= 0.6 is 23.4 Å². The molecule has 1 unspecified atom stereocenters. The molecule has 10 heteroatoms. The van der Waals surface area contributed by atoms with Crippen LogP contribution < -0.4 is 15.6 Å². The van der Waals surface area contributed by atoms with Crippen LogP contribution in [-0.4, -0.2) is 27.5 Å². The first-order valence-electron chi connectivity index (χ1n) is 6.91. The molecule has 0 aliphatic heterocycles. The molecule has 1 heterocycles. The number of rotatable bonds is 6. The number of amides is 1. The fraction of sp³-hybridized carbons (Fsp3) is 0.286. The number of anilines is 1. The van der Waals surface area contributed by atoms with E-state index >= 15 is 0 Å². The van der Waals surface area contributed by atoms with E-state index in [1.807, 2.05) is 0 Å². The van der Waals surface area contributed by atoms with E-state index in [1.54, 1.807) is 14.0 Å². The largest absolute Gasteiger partial charge is 0.478 e. The van der Waals surface area contributed by atoms with Crippen LogP contribution in [0.25, 0.3) is 0 Å². The molecule has 0 fully saturated rings. The van der Waals surface area contributed by atoms with E-state index in [0.29, 0.717) is 6.42 Å². The third-order valence-corrected chi connectivity index (χ3v) is 4.97. The van der Waals surface area contributed by atoms with Crippen LogP contribution in [0.2, 0.25) is 5.02 Å². The molecular formula is C14H15ClN3O5S+. The molecule has 0 bridgehead atoms. The summed E-state index contributed by atoms with van der Waals surface area (Å²) in [5.74, 6) is -1.52. The maximum atomic E-state index is 12.4. The lowest BCUT2D eigenvalue weighted by Crippen LogP contribution is -2.35. The number of aromatic carboxylic acids is 1. The first-order valence-corrected chi connectivity index (χ1v) is 8.17. The molecular weight excluding hydrogens is 358 g/mol. The van der Waals surface area contributed by atoms with Crippen LogP contribution in [-0.2, 0) is 11.8 Å². The van der Waals surface area contributed by atoms with Gasteiger partial charge in [-0.2, -0.15) is 0 Å². The molecule has 0 saturated heterocycles. The minimum Gasteiger partial charge on any atom is -0.478 e. The summed E-state index contributed by atoms with van der Waals surface area (Å²) in [5, 5.41) is 13.9. The number of carbonyl (C=O) groups excluding carboxylic acids is 1. The lowest BCUT2D eigenvalue weighted by molar-refractivity contribution is -0.772. The number of aryl methyl sites for hydroxylation is 1. The SMILES string of the molecule is CCC(Sc1c(=O)o[nH][n+]1C)C(=O)Nc1cc(C(=O)O)ccc1Cl. The number of hydrogen-bond donors (Lipinski definition) is 3. The number of aromatic amines is 1. The maximum Gasteiger partial charge on any atom is 0.441 e. The predicted octanol–water partition coefficient (Wildman–Crippen LogP) is 1.65. The number of benzene rings is 1. The van der Waals surface area contributed by atoms with Gasteiger partial charge in [0, 0.05) is 0 Å². The Bertz CT molecular complexity index is 832. The Morgan fingerprint density at radius 1 is 1.50 bits per heavy atom. The average molecular weight is 373 g/mol. The molecule has 2 aromatic rings. The molecule has 24 heavy (non-hydrogen) atoms. The molecule has 128 valence electrons. The normalized spacial score (nSPS) is 12.0. The molecule has 2 rings (SSSR count). The molecule has 0 aliphatic carbocycles. The number of carbonyl (C=O) groups is 2. The fourth-order valence-corrected chi connectivity index (χ4v) is 2.98. The van der Waals surface area contributed by atoms with E-state index in [2.05, 4.69) is 15.1 Å². The van der Waals surface area contributed by atoms with Crippen LogP contribution in [0, 0.1) is 0 Å². The van der Waals surface area contributed by atoms with Gasteiger partial charge >= 0.3 is 16.6 Å². The van der Waals surface area contributed by atoms with Gasteiger partial charge in [-0.3, -0.25) is 9.32 Å². The van der Waals surface area contributed by atoms with Gasteiger partial charge in [0.15, 0.2) is 7.05 Å². The highest BCUT2D eigenvalue weighted by atomic mass is 35.5. The lowest BCUT2D eigenvalue weighted by Gasteiger charge is -2.13. The molecule has 1 aromatic heterocycles. The second kappa shape index (κ2) is 7.54. The molecule has 0 saturated carbocycles. The number of nitrogens with zero attached hydrogens (tertiary/aromatic N) is 1. The number of H-pyrrole nitrogens is 1. The zero-order chi connectivity index (χ0) is 17.9. The zero-order valence-corrected chi connectivity index (χ0v) is 14.4. The van der Waals surface area contributed by atoms with Crippen molar-refractivity contribution in [1.82, 2.24) is 5.27 Å². The molecule has 1 aromatic carbocycles. The third-order valence-electron chi connectivity index (χ3n) is 3.14. The number of carboxylic acids is 1. The van der Waals surface area contributed by atoms with Crippen molar-refractivity contribution in [3.8, 4) is 0 Å². The highest BCUT2D eigenvalue weighted by molar-refractivity contribution is 8.00. The highest BCUT2D eigenvalue weighted by Gasteiger charge is 2.27. The number of aromatic nitrogens is 2. The summed E-state index contributed by atoms with van der Waals surface area (Å²) in [4.78, 5) is 35.0. The summed E-state index contributed by atoms with van der Waals surface area (Å²) in [7, 11) is 1.59. The van der Waals surface area contributed by atoms with Crippen molar-refractivity contribution in [2.45, 2.75) is 23.6 Å². The Hall–Kier alpha value is -2.26. The summed E-state index contributed by atoms with van der Waals surface area (Å²) in [5.41, 5.74) is -0.362. The molecule has 0 radical (unpaired) electrons. The lowest BCUT2D eigenvalue weighted by atomic mass is 10.2. The molecule has 8 nitrogen and oxygen atoms in total. The topological polar surface area (TPSA) is 116 Å². The van der Waals surface area contributed by atoms with E-state index in [9.17, 15) is 14.4 Å². The zero-order valence-electron chi connectivity index (χ0n) is 12.8. The Morgan fingerprint density at radius 3 is 2.75 bits per heavy atom. The minimum atomic E-state index is -1.12. The summed E-state index contributed by atoms with van der Waals surface area (Å²) in [6.07, 6.45) is 0.442. The molecule has 1 atom stereocenters. The van der Waals surface area contributed by atoms with E-state index in [-0.39, 0.29) is 21.3 Å². The van der Waals surface area contributed by atoms with Crippen LogP contribution in [0.15, 0.2) is 32.5 Å². The van der Waals surface area contributed by atoms with Gasteiger partial charge in [0.25, 0.3) is 0 Å². The minimum absolute atomic E-state index is 0.00748. The van der Waals surface area contributed by atoms with Gasteiger partial charge in [0.2, 0.25) is 5.91 Å². The van der Waals surface area contributed by atoms with Crippen molar-refractivity contribution in [1.29, 1.82) is 0 Å². The van der Waals surface area contributed by atoms with Crippen molar-refractivity contribution < 1.29 is 23.9 Å². The number of halogens is 1. The van der Waals surface area contributed by atoms with Gasteiger partial charge in [0.1, 0.15) is 0 Å². The Labute approximate surface area is 145 Å². The molecule has 0 spiro atoms. The number of carboxylic acid groups (broad SMARTS) is 1. The predicted molar refractivity (Wildman–Crippen MR) is 87.5 cm³/mol. The van der Waals surface area contributed by atoms with Crippen molar-refractivity contribution in [2.75, 3.05) is 5.32 Å². The monoisotopic (exact) mass is 372 g/mol. The molecule has 1 amide bonds. The highest BCUT2D eigenvalue weighted by Crippen LogP contribution is 2.26. The second-order valence-electron chi connectivity index (χ2n) is 4.85. The van der Waals surface area contributed by atoms with E-state index in [0.717, 1.165) is 11.8 Å². The maximum absolute atomic E-state index is 12.4. The van der Waals surface area contributed by atoms with Crippen molar-refractivity contribution in [3.63, 3.8) is 0 Å². The van der Waals surface area contributed by atoms with Crippen LogP contribution in [0.5, 0.6) is 0 Å². The van der Waals surface area contributed by atoms with Gasteiger partial charge in [-0.05, 0) is 41.7 Å². The van der Waals surface area contributed by atoms with Gasteiger partial charge in [-0.25, -0.2) is 9.59 Å². The standard InChI is InChI=1S/C14H14ClN3O5S/c1-3-10(24-12-14(22)23-17-18(12)2)11(19)16-9-6-7(13(20)21)4-5-8(9)15/h4-6,10H,3H2,1-2H3,(H2-,16,17,19,20,21,22)/p+1. The van der Waals surface area contributed by atoms with Crippen LogP contribution in [0.3, 0.4) is 0 Å². The smallest absolute Gasteiger partial charge is 0.441 e. The molecule has 0 aliphatic rings. The number of nitrogens with one attached hydrogen (secondary N) is 2. The second-order valence-corrected chi connectivity index (χ2v) is 6.45.